The highest BCUT2D eigenvalue weighted by Gasteiger charge is 2.18. The van der Waals surface area contributed by atoms with Gasteiger partial charge in [-0.15, -0.1) is 0 Å². The van der Waals surface area contributed by atoms with Crippen molar-refractivity contribution in [1.82, 2.24) is 4.98 Å². The molecule has 1 rings (SSSR count). The van der Waals surface area contributed by atoms with Crippen LogP contribution >= 0.6 is 11.6 Å². The van der Waals surface area contributed by atoms with E-state index in [1.807, 2.05) is 6.92 Å². The SMILES string of the molecule is CCCC(N)C(=O)c1cc(Cl)cnc1N. The Morgan fingerprint density at radius 1 is 1.67 bits per heavy atom. The van der Waals surface area contributed by atoms with Crippen LogP contribution in [0, 0.1) is 0 Å². The third-order valence-corrected chi connectivity index (χ3v) is 2.29. The number of pyridine rings is 1. The van der Waals surface area contributed by atoms with Crippen molar-refractivity contribution in [1.29, 1.82) is 0 Å². The average Bonchev–Trinajstić information content (AvgIpc) is 2.21. The number of halogens is 1. The first-order valence-corrected chi connectivity index (χ1v) is 5.14. The molecular weight excluding hydrogens is 214 g/mol. The van der Waals surface area contributed by atoms with Crippen LogP contribution in [-0.4, -0.2) is 16.8 Å². The van der Waals surface area contributed by atoms with Gasteiger partial charge >= 0.3 is 0 Å². The van der Waals surface area contributed by atoms with Crippen LogP contribution in [0.25, 0.3) is 0 Å². The summed E-state index contributed by atoms with van der Waals surface area (Å²) >= 11 is 5.73. The van der Waals surface area contributed by atoms with E-state index in [1.165, 1.54) is 12.3 Å². The number of carbonyl (C=O) groups is 1. The minimum atomic E-state index is -0.530. The van der Waals surface area contributed by atoms with Gasteiger partial charge in [0.05, 0.1) is 16.6 Å². The average molecular weight is 228 g/mol. The number of nitrogen functional groups attached to an aromatic ring is 1. The minimum Gasteiger partial charge on any atom is -0.383 e. The maximum Gasteiger partial charge on any atom is 0.183 e. The van der Waals surface area contributed by atoms with Crippen molar-refractivity contribution in [3.05, 3.63) is 22.8 Å². The quantitative estimate of drug-likeness (QED) is 0.766. The van der Waals surface area contributed by atoms with Crippen molar-refractivity contribution < 1.29 is 4.79 Å². The summed E-state index contributed by atoms with van der Waals surface area (Å²) in [5, 5.41) is 0.385. The van der Waals surface area contributed by atoms with Crippen molar-refractivity contribution in [2.75, 3.05) is 5.73 Å². The summed E-state index contributed by atoms with van der Waals surface area (Å²) in [6.45, 7) is 1.96. The Morgan fingerprint density at radius 2 is 2.33 bits per heavy atom. The minimum absolute atomic E-state index is 0.177. The Hall–Kier alpha value is -1.13. The van der Waals surface area contributed by atoms with Gasteiger partial charge < -0.3 is 11.5 Å². The Morgan fingerprint density at radius 3 is 2.93 bits per heavy atom. The molecule has 0 saturated carbocycles. The summed E-state index contributed by atoms with van der Waals surface area (Å²) in [5.41, 5.74) is 11.6. The second kappa shape index (κ2) is 5.09. The molecule has 0 aliphatic rings. The summed E-state index contributed by atoms with van der Waals surface area (Å²) in [6, 6.07) is 0.972. The lowest BCUT2D eigenvalue weighted by molar-refractivity contribution is 0.0957. The van der Waals surface area contributed by atoms with Gasteiger partial charge in [0, 0.05) is 6.20 Å². The highest BCUT2D eigenvalue weighted by Crippen LogP contribution is 2.17. The fourth-order valence-electron chi connectivity index (χ4n) is 1.29. The normalized spacial score (nSPS) is 12.5. The fraction of sp³-hybridized carbons (Fsp3) is 0.400. The number of rotatable bonds is 4. The van der Waals surface area contributed by atoms with Gasteiger partial charge in [-0.1, -0.05) is 24.9 Å². The zero-order valence-electron chi connectivity index (χ0n) is 8.53. The van der Waals surface area contributed by atoms with Crippen molar-refractivity contribution in [2.24, 2.45) is 5.73 Å². The fourth-order valence-corrected chi connectivity index (χ4v) is 1.45. The van der Waals surface area contributed by atoms with E-state index in [1.54, 1.807) is 0 Å². The molecule has 0 spiro atoms. The summed E-state index contributed by atoms with van der Waals surface area (Å²) in [5.74, 6) is -0.0275. The Balaban J connectivity index is 2.95. The Bertz CT molecular complexity index is 368. The van der Waals surface area contributed by atoms with E-state index in [2.05, 4.69) is 4.98 Å². The van der Waals surface area contributed by atoms with Gasteiger partial charge in [-0.2, -0.15) is 0 Å². The number of hydrogen-bond acceptors (Lipinski definition) is 4. The molecular formula is C10H14ClN3O. The Kier molecular flexibility index (Phi) is 4.05. The summed E-state index contributed by atoms with van der Waals surface area (Å²) < 4.78 is 0. The number of nitrogens with two attached hydrogens (primary N) is 2. The predicted molar refractivity (Wildman–Crippen MR) is 60.9 cm³/mol. The number of carbonyl (C=O) groups excluding carboxylic acids is 1. The van der Waals surface area contributed by atoms with Gasteiger partial charge in [-0.05, 0) is 12.5 Å². The van der Waals surface area contributed by atoms with Crippen molar-refractivity contribution in [2.45, 2.75) is 25.8 Å². The topological polar surface area (TPSA) is 82.0 Å². The van der Waals surface area contributed by atoms with Crippen LogP contribution in [0.15, 0.2) is 12.3 Å². The van der Waals surface area contributed by atoms with E-state index >= 15 is 0 Å². The van der Waals surface area contributed by atoms with E-state index in [9.17, 15) is 4.79 Å². The van der Waals surface area contributed by atoms with Crippen LogP contribution in [0.1, 0.15) is 30.1 Å². The molecule has 15 heavy (non-hydrogen) atoms. The van der Waals surface area contributed by atoms with Crippen molar-refractivity contribution in [3.8, 4) is 0 Å². The van der Waals surface area contributed by atoms with Crippen LogP contribution in [0.4, 0.5) is 5.82 Å². The van der Waals surface area contributed by atoms with E-state index in [4.69, 9.17) is 23.1 Å². The highest BCUT2D eigenvalue weighted by molar-refractivity contribution is 6.31. The number of hydrogen-bond donors (Lipinski definition) is 2. The smallest absolute Gasteiger partial charge is 0.183 e. The molecule has 0 radical (unpaired) electrons. The zero-order valence-corrected chi connectivity index (χ0v) is 9.29. The van der Waals surface area contributed by atoms with E-state index in [0.717, 1.165) is 6.42 Å². The molecule has 1 aromatic heterocycles. The van der Waals surface area contributed by atoms with Crippen LogP contribution < -0.4 is 11.5 Å². The number of ketones is 1. The molecule has 0 bridgehead atoms. The maximum atomic E-state index is 11.8. The van der Waals surface area contributed by atoms with Gasteiger partial charge in [0.25, 0.3) is 0 Å². The molecule has 0 amide bonds. The van der Waals surface area contributed by atoms with E-state index in [0.29, 0.717) is 17.0 Å². The molecule has 0 aliphatic carbocycles. The molecule has 0 saturated heterocycles. The third kappa shape index (κ3) is 2.91. The lowest BCUT2D eigenvalue weighted by Gasteiger charge is -2.10. The first-order valence-electron chi connectivity index (χ1n) is 4.77. The molecule has 1 aromatic rings. The lowest BCUT2D eigenvalue weighted by atomic mass is 10.0. The molecule has 0 aromatic carbocycles. The van der Waals surface area contributed by atoms with Crippen LogP contribution in [0.3, 0.4) is 0 Å². The monoisotopic (exact) mass is 227 g/mol. The van der Waals surface area contributed by atoms with Gasteiger partial charge in [-0.25, -0.2) is 4.98 Å². The van der Waals surface area contributed by atoms with Crippen molar-refractivity contribution in [3.63, 3.8) is 0 Å². The van der Waals surface area contributed by atoms with Crippen LogP contribution in [0.2, 0.25) is 5.02 Å². The van der Waals surface area contributed by atoms with Gasteiger partial charge in [0.2, 0.25) is 0 Å². The molecule has 1 unspecified atom stereocenters. The number of anilines is 1. The molecule has 1 atom stereocenters. The molecule has 5 heteroatoms. The second-order valence-electron chi connectivity index (χ2n) is 3.35. The number of nitrogens with zero attached hydrogens (tertiary/aromatic N) is 1. The number of Topliss-reactive ketones (excluding diaryl/α,β-unsaturated/α-hetero) is 1. The molecule has 0 aliphatic heterocycles. The standard InChI is InChI=1S/C10H14ClN3O/c1-2-3-8(12)9(15)7-4-6(11)5-14-10(7)13/h4-5,8H,2-3,12H2,1H3,(H2,13,14). The largest absolute Gasteiger partial charge is 0.383 e. The second-order valence-corrected chi connectivity index (χ2v) is 3.78. The number of aromatic nitrogens is 1. The third-order valence-electron chi connectivity index (χ3n) is 2.09. The Labute approximate surface area is 93.6 Å². The zero-order chi connectivity index (χ0) is 11.4. The lowest BCUT2D eigenvalue weighted by Crippen LogP contribution is -2.31. The van der Waals surface area contributed by atoms with E-state index in [-0.39, 0.29) is 11.6 Å². The summed E-state index contributed by atoms with van der Waals surface area (Å²) in [7, 11) is 0. The molecule has 4 N–H and O–H groups in total. The highest BCUT2D eigenvalue weighted by atomic mass is 35.5. The van der Waals surface area contributed by atoms with Crippen LogP contribution in [0.5, 0.6) is 0 Å². The van der Waals surface area contributed by atoms with Gasteiger partial charge in [-0.3, -0.25) is 4.79 Å². The van der Waals surface area contributed by atoms with Crippen LogP contribution in [-0.2, 0) is 0 Å². The van der Waals surface area contributed by atoms with Gasteiger partial charge in [0.1, 0.15) is 5.82 Å². The summed E-state index contributed by atoms with van der Waals surface area (Å²) in [4.78, 5) is 15.6. The molecule has 1 heterocycles. The molecule has 0 fully saturated rings. The van der Waals surface area contributed by atoms with Gasteiger partial charge in [0.15, 0.2) is 5.78 Å². The first-order chi connectivity index (χ1) is 7.06. The maximum absolute atomic E-state index is 11.8. The first kappa shape index (κ1) is 11.9. The van der Waals surface area contributed by atoms with E-state index < -0.39 is 6.04 Å². The predicted octanol–water partition coefficient (Wildman–Crippen LogP) is 1.63. The summed E-state index contributed by atoms with van der Waals surface area (Å²) in [6.07, 6.45) is 2.88. The molecule has 4 nitrogen and oxygen atoms in total. The van der Waals surface area contributed by atoms with Crippen molar-refractivity contribution >= 4 is 23.2 Å². The molecule has 82 valence electrons.